The van der Waals surface area contributed by atoms with Gasteiger partial charge in [0.15, 0.2) is 5.43 Å². The Morgan fingerprint density at radius 1 is 0.697 bits per heavy atom. The molecule has 5 nitrogen and oxygen atoms in total. The van der Waals surface area contributed by atoms with Crippen molar-refractivity contribution in [3.8, 4) is 0 Å². The molecule has 5 rings (SSSR count). The zero-order chi connectivity index (χ0) is 22.6. The molecule has 0 aliphatic rings. The molecule has 162 valence electrons. The van der Waals surface area contributed by atoms with E-state index in [1.54, 1.807) is 0 Å². The maximum Gasteiger partial charge on any atom is 0.258 e. The van der Waals surface area contributed by atoms with Gasteiger partial charge in [-0.1, -0.05) is 72.8 Å². The number of anilines is 1. The fraction of sp³-hybridized carbons (Fsp3) is 0.0714. The predicted molar refractivity (Wildman–Crippen MR) is 133 cm³/mol. The summed E-state index contributed by atoms with van der Waals surface area (Å²) in [5.74, 6) is -0.172. The molecule has 0 saturated heterocycles. The van der Waals surface area contributed by atoms with Gasteiger partial charge < -0.3 is 4.57 Å². The standard InChI is InChI=1S/C28H23N3O2/c32-27(29-31(22-13-5-2-6-14-22)19-21-11-3-1-4-12-21)20-30-25-17-9-7-15-23(25)28(33)24-16-8-10-18-26(24)30/h1-18H,19-20H2,(H,29,32). The minimum atomic E-state index is -0.172. The molecule has 0 bridgehead atoms. The third-order valence-corrected chi connectivity index (χ3v) is 5.69. The summed E-state index contributed by atoms with van der Waals surface area (Å²) in [7, 11) is 0. The smallest absolute Gasteiger partial charge is 0.258 e. The lowest BCUT2D eigenvalue weighted by atomic mass is 10.1. The van der Waals surface area contributed by atoms with Crippen LogP contribution in [-0.4, -0.2) is 10.5 Å². The molecule has 1 heterocycles. The van der Waals surface area contributed by atoms with E-state index in [0.717, 1.165) is 22.3 Å². The van der Waals surface area contributed by atoms with Gasteiger partial charge in [0, 0.05) is 10.8 Å². The predicted octanol–water partition coefficient (Wildman–Crippen LogP) is 4.89. The summed E-state index contributed by atoms with van der Waals surface area (Å²) in [4.78, 5) is 26.3. The van der Waals surface area contributed by atoms with E-state index in [4.69, 9.17) is 0 Å². The summed E-state index contributed by atoms with van der Waals surface area (Å²) in [6.45, 7) is 0.613. The van der Waals surface area contributed by atoms with Crippen LogP contribution in [0.2, 0.25) is 0 Å². The van der Waals surface area contributed by atoms with Crippen molar-refractivity contribution >= 4 is 33.4 Å². The number of nitrogens with one attached hydrogen (secondary N) is 1. The molecule has 5 heteroatoms. The number of amides is 1. The fourth-order valence-corrected chi connectivity index (χ4v) is 4.15. The Bertz CT molecular complexity index is 1420. The second kappa shape index (κ2) is 9.01. The van der Waals surface area contributed by atoms with Crippen LogP contribution in [0.4, 0.5) is 5.69 Å². The van der Waals surface area contributed by atoms with Crippen LogP contribution in [0.5, 0.6) is 0 Å². The van der Waals surface area contributed by atoms with E-state index in [2.05, 4.69) is 5.43 Å². The Morgan fingerprint density at radius 3 is 1.82 bits per heavy atom. The van der Waals surface area contributed by atoms with Gasteiger partial charge in [-0.15, -0.1) is 0 Å². The van der Waals surface area contributed by atoms with Crippen molar-refractivity contribution in [1.29, 1.82) is 0 Å². The van der Waals surface area contributed by atoms with Crippen molar-refractivity contribution < 1.29 is 4.79 Å². The number of hydrazine groups is 1. The number of para-hydroxylation sites is 3. The molecule has 1 N–H and O–H groups in total. The maximum atomic E-state index is 13.3. The van der Waals surface area contributed by atoms with Crippen LogP contribution in [0.3, 0.4) is 0 Å². The zero-order valence-electron chi connectivity index (χ0n) is 18.0. The van der Waals surface area contributed by atoms with E-state index < -0.39 is 0 Å². The quantitative estimate of drug-likeness (QED) is 0.306. The number of carbonyl (C=O) groups is 1. The van der Waals surface area contributed by atoms with Crippen molar-refractivity contribution in [3.63, 3.8) is 0 Å². The summed E-state index contributed by atoms with van der Waals surface area (Å²) in [6.07, 6.45) is 0. The van der Waals surface area contributed by atoms with E-state index in [1.165, 1.54) is 0 Å². The molecule has 0 fully saturated rings. The molecular weight excluding hydrogens is 410 g/mol. The van der Waals surface area contributed by atoms with E-state index in [1.807, 2.05) is 119 Å². The zero-order valence-corrected chi connectivity index (χ0v) is 18.0. The second-order valence-corrected chi connectivity index (χ2v) is 7.89. The monoisotopic (exact) mass is 433 g/mol. The molecule has 0 saturated carbocycles. The first-order chi connectivity index (χ1) is 16.2. The van der Waals surface area contributed by atoms with E-state index in [9.17, 15) is 9.59 Å². The van der Waals surface area contributed by atoms with Crippen LogP contribution in [0.1, 0.15) is 5.56 Å². The minimum Gasteiger partial charge on any atom is -0.331 e. The molecule has 5 aromatic rings. The second-order valence-electron chi connectivity index (χ2n) is 7.89. The number of carbonyl (C=O) groups excluding carboxylic acids is 1. The van der Waals surface area contributed by atoms with E-state index in [0.29, 0.717) is 17.3 Å². The molecule has 4 aromatic carbocycles. The average Bonchev–Trinajstić information content (AvgIpc) is 2.87. The summed E-state index contributed by atoms with van der Waals surface area (Å²) in [5.41, 5.74) is 6.51. The molecule has 0 unspecified atom stereocenters. The lowest BCUT2D eigenvalue weighted by Gasteiger charge is -2.26. The molecule has 0 radical (unpaired) electrons. The van der Waals surface area contributed by atoms with Crippen LogP contribution >= 0.6 is 0 Å². The number of hydrogen-bond acceptors (Lipinski definition) is 3. The Balaban J connectivity index is 1.50. The highest BCUT2D eigenvalue weighted by Crippen LogP contribution is 2.20. The molecule has 0 spiro atoms. The van der Waals surface area contributed by atoms with Gasteiger partial charge in [0.1, 0.15) is 6.54 Å². The molecule has 1 amide bonds. The number of rotatable bonds is 6. The first-order valence-electron chi connectivity index (χ1n) is 10.9. The van der Waals surface area contributed by atoms with Gasteiger partial charge in [-0.25, -0.2) is 0 Å². The van der Waals surface area contributed by atoms with Gasteiger partial charge in [-0.3, -0.25) is 20.0 Å². The van der Waals surface area contributed by atoms with Gasteiger partial charge >= 0.3 is 0 Å². The molecule has 1 aromatic heterocycles. The fourth-order valence-electron chi connectivity index (χ4n) is 4.15. The normalized spacial score (nSPS) is 10.9. The number of hydrogen-bond donors (Lipinski definition) is 1. The molecule has 0 aliphatic heterocycles. The average molecular weight is 434 g/mol. The number of pyridine rings is 1. The van der Waals surface area contributed by atoms with Crippen molar-refractivity contribution in [2.45, 2.75) is 13.1 Å². The number of nitrogens with zero attached hydrogens (tertiary/aromatic N) is 2. The molecule has 0 atom stereocenters. The van der Waals surface area contributed by atoms with Gasteiger partial charge in [0.2, 0.25) is 0 Å². The first-order valence-corrected chi connectivity index (χ1v) is 10.9. The summed E-state index contributed by atoms with van der Waals surface area (Å²) >= 11 is 0. The largest absolute Gasteiger partial charge is 0.331 e. The molecular formula is C28H23N3O2. The Labute approximate surface area is 191 Å². The maximum absolute atomic E-state index is 13.3. The first kappa shape index (κ1) is 20.5. The van der Waals surface area contributed by atoms with Gasteiger partial charge in [-0.05, 0) is 42.0 Å². The van der Waals surface area contributed by atoms with Crippen LogP contribution in [0.25, 0.3) is 21.8 Å². The highest BCUT2D eigenvalue weighted by molar-refractivity contribution is 5.95. The Kier molecular flexibility index (Phi) is 5.60. The van der Waals surface area contributed by atoms with Crippen molar-refractivity contribution in [2.75, 3.05) is 5.01 Å². The highest BCUT2D eigenvalue weighted by Gasteiger charge is 2.15. The lowest BCUT2D eigenvalue weighted by molar-refractivity contribution is -0.121. The van der Waals surface area contributed by atoms with Crippen LogP contribution in [-0.2, 0) is 17.9 Å². The summed E-state index contributed by atoms with van der Waals surface area (Å²) in [5, 5.41) is 3.06. The van der Waals surface area contributed by atoms with Crippen molar-refractivity contribution in [1.82, 2.24) is 9.99 Å². The number of aromatic nitrogens is 1. The highest BCUT2D eigenvalue weighted by atomic mass is 16.2. The van der Waals surface area contributed by atoms with Crippen LogP contribution in [0.15, 0.2) is 114 Å². The van der Waals surface area contributed by atoms with Gasteiger partial charge in [0.05, 0.1) is 23.3 Å². The Morgan fingerprint density at radius 2 is 1.21 bits per heavy atom. The topological polar surface area (TPSA) is 54.3 Å². The Hall–Kier alpha value is -4.38. The van der Waals surface area contributed by atoms with Crippen LogP contribution in [0, 0.1) is 0 Å². The van der Waals surface area contributed by atoms with Crippen LogP contribution < -0.4 is 15.9 Å². The number of fused-ring (bicyclic) bond motifs is 2. The number of benzene rings is 4. The van der Waals surface area contributed by atoms with Gasteiger partial charge in [0.25, 0.3) is 5.91 Å². The minimum absolute atomic E-state index is 0.0205. The van der Waals surface area contributed by atoms with Gasteiger partial charge in [-0.2, -0.15) is 0 Å². The van der Waals surface area contributed by atoms with Crippen molar-refractivity contribution in [3.05, 3.63) is 125 Å². The van der Waals surface area contributed by atoms with E-state index in [-0.39, 0.29) is 17.9 Å². The molecule has 33 heavy (non-hydrogen) atoms. The SMILES string of the molecule is O=C(Cn1c2ccccc2c(=O)c2ccccc21)NN(Cc1ccccc1)c1ccccc1. The third-order valence-electron chi connectivity index (χ3n) is 5.69. The lowest BCUT2D eigenvalue weighted by Crippen LogP contribution is -2.43. The van der Waals surface area contributed by atoms with Crippen molar-refractivity contribution in [2.24, 2.45) is 0 Å². The summed E-state index contributed by atoms with van der Waals surface area (Å²) < 4.78 is 1.91. The van der Waals surface area contributed by atoms with E-state index >= 15 is 0 Å². The summed E-state index contributed by atoms with van der Waals surface area (Å²) in [6, 6.07) is 34.6. The third kappa shape index (κ3) is 4.21. The molecule has 0 aliphatic carbocycles.